The van der Waals surface area contributed by atoms with Crippen LogP contribution in [0.25, 0.3) is 16.5 Å². The van der Waals surface area contributed by atoms with Gasteiger partial charge in [-0.2, -0.15) is 9.78 Å². The standard InChI is InChI=1S/C25H25N3O4/c29-22(26-16-15-18-9-3-1-4-10-18)17-32-25(31)23-20-13-7-8-14-21(20)24(30)28(27-23)19-11-5-2-6-12-19/h2,5-9,11-14H,1,3-4,10,15-17H2,(H,26,29). The zero-order valence-corrected chi connectivity index (χ0v) is 17.8. The Morgan fingerprint density at radius 2 is 1.75 bits per heavy atom. The lowest BCUT2D eigenvalue weighted by molar-refractivity contribution is -0.124. The minimum Gasteiger partial charge on any atom is -0.451 e. The van der Waals surface area contributed by atoms with Crippen LogP contribution in [0.4, 0.5) is 0 Å². The number of rotatable bonds is 7. The molecule has 3 aromatic rings. The van der Waals surface area contributed by atoms with E-state index >= 15 is 0 Å². The van der Waals surface area contributed by atoms with E-state index in [0.717, 1.165) is 19.3 Å². The summed E-state index contributed by atoms with van der Waals surface area (Å²) in [5.41, 5.74) is 1.56. The molecule has 32 heavy (non-hydrogen) atoms. The summed E-state index contributed by atoms with van der Waals surface area (Å²) in [7, 11) is 0. The van der Waals surface area contributed by atoms with Crippen LogP contribution >= 0.6 is 0 Å². The molecule has 0 spiro atoms. The lowest BCUT2D eigenvalue weighted by Gasteiger charge is -2.13. The molecular weight excluding hydrogens is 406 g/mol. The van der Waals surface area contributed by atoms with Gasteiger partial charge in [-0.1, -0.05) is 48.0 Å². The van der Waals surface area contributed by atoms with Gasteiger partial charge in [0.1, 0.15) is 0 Å². The van der Waals surface area contributed by atoms with Crippen molar-refractivity contribution in [2.24, 2.45) is 0 Å². The second kappa shape index (κ2) is 10.0. The van der Waals surface area contributed by atoms with Crippen molar-refractivity contribution in [2.45, 2.75) is 32.1 Å². The topological polar surface area (TPSA) is 90.3 Å². The van der Waals surface area contributed by atoms with Gasteiger partial charge in [0.25, 0.3) is 11.5 Å². The highest BCUT2D eigenvalue weighted by atomic mass is 16.5. The molecule has 0 radical (unpaired) electrons. The van der Waals surface area contributed by atoms with Crippen molar-refractivity contribution in [1.29, 1.82) is 0 Å². The van der Waals surface area contributed by atoms with E-state index < -0.39 is 12.6 Å². The van der Waals surface area contributed by atoms with Crippen molar-refractivity contribution in [3.05, 3.63) is 82.3 Å². The highest BCUT2D eigenvalue weighted by Crippen LogP contribution is 2.19. The highest BCUT2D eigenvalue weighted by molar-refractivity contribution is 6.02. The van der Waals surface area contributed by atoms with Gasteiger partial charge in [-0.3, -0.25) is 9.59 Å². The number of nitrogens with one attached hydrogen (secondary N) is 1. The number of benzene rings is 2. The highest BCUT2D eigenvalue weighted by Gasteiger charge is 2.19. The Hall–Kier alpha value is -3.74. The molecule has 0 saturated carbocycles. The fraction of sp³-hybridized carbons (Fsp3) is 0.280. The monoisotopic (exact) mass is 431 g/mol. The molecule has 164 valence electrons. The average Bonchev–Trinajstić information content (AvgIpc) is 2.84. The van der Waals surface area contributed by atoms with E-state index in [1.807, 2.05) is 6.07 Å². The van der Waals surface area contributed by atoms with Gasteiger partial charge in [0, 0.05) is 11.9 Å². The number of allylic oxidation sites excluding steroid dienone is 1. The van der Waals surface area contributed by atoms with Crippen LogP contribution in [0.15, 0.2) is 71.0 Å². The van der Waals surface area contributed by atoms with Crippen molar-refractivity contribution in [2.75, 3.05) is 13.2 Å². The van der Waals surface area contributed by atoms with E-state index in [1.165, 1.54) is 23.1 Å². The van der Waals surface area contributed by atoms with Crippen LogP contribution < -0.4 is 10.9 Å². The van der Waals surface area contributed by atoms with Crippen LogP contribution in [0.2, 0.25) is 0 Å². The van der Waals surface area contributed by atoms with Gasteiger partial charge in [0.15, 0.2) is 12.3 Å². The summed E-state index contributed by atoms with van der Waals surface area (Å²) in [6.07, 6.45) is 7.67. The molecule has 7 heteroatoms. The summed E-state index contributed by atoms with van der Waals surface area (Å²) < 4.78 is 6.41. The summed E-state index contributed by atoms with van der Waals surface area (Å²) in [5, 5.41) is 7.79. The third-order valence-corrected chi connectivity index (χ3v) is 5.49. The van der Waals surface area contributed by atoms with Gasteiger partial charge in [0.2, 0.25) is 0 Å². The van der Waals surface area contributed by atoms with Crippen molar-refractivity contribution >= 4 is 22.6 Å². The van der Waals surface area contributed by atoms with Gasteiger partial charge >= 0.3 is 5.97 Å². The molecule has 0 saturated heterocycles. The van der Waals surface area contributed by atoms with Gasteiger partial charge in [-0.05, 0) is 50.3 Å². The van der Waals surface area contributed by atoms with Crippen molar-refractivity contribution in [1.82, 2.24) is 15.1 Å². The lowest BCUT2D eigenvalue weighted by atomic mass is 9.97. The van der Waals surface area contributed by atoms with E-state index in [0.29, 0.717) is 23.0 Å². The molecule has 0 bridgehead atoms. The number of aromatic nitrogens is 2. The molecule has 1 heterocycles. The fourth-order valence-corrected chi connectivity index (χ4v) is 3.83. The van der Waals surface area contributed by atoms with Crippen LogP contribution in [0, 0.1) is 0 Å². The number of ether oxygens (including phenoxy) is 1. The first-order valence-corrected chi connectivity index (χ1v) is 10.8. The quantitative estimate of drug-likeness (QED) is 0.456. The van der Waals surface area contributed by atoms with E-state index in [-0.39, 0.29) is 17.2 Å². The number of nitrogens with zero attached hydrogens (tertiary/aromatic N) is 2. The normalized spacial score (nSPS) is 13.4. The first kappa shape index (κ1) is 21.5. The second-order valence-corrected chi connectivity index (χ2v) is 7.73. The van der Waals surface area contributed by atoms with Crippen LogP contribution in [0.5, 0.6) is 0 Å². The Bertz CT molecular complexity index is 1210. The Kier molecular flexibility index (Phi) is 6.75. The third-order valence-electron chi connectivity index (χ3n) is 5.49. The van der Waals surface area contributed by atoms with Crippen molar-refractivity contribution in [3.8, 4) is 5.69 Å². The number of amides is 1. The first-order chi connectivity index (χ1) is 15.6. The molecule has 1 aliphatic rings. The average molecular weight is 431 g/mol. The number of para-hydroxylation sites is 1. The molecule has 1 N–H and O–H groups in total. The summed E-state index contributed by atoms with van der Waals surface area (Å²) in [6.45, 7) is 0.112. The molecule has 1 amide bonds. The molecule has 0 atom stereocenters. The number of hydrogen-bond donors (Lipinski definition) is 1. The number of carbonyl (C=O) groups excluding carboxylic acids is 2. The maximum Gasteiger partial charge on any atom is 0.359 e. The second-order valence-electron chi connectivity index (χ2n) is 7.73. The van der Waals surface area contributed by atoms with Gasteiger partial charge in [-0.25, -0.2) is 4.79 Å². The third kappa shape index (κ3) is 4.94. The largest absolute Gasteiger partial charge is 0.451 e. The predicted molar refractivity (Wildman–Crippen MR) is 122 cm³/mol. The van der Waals surface area contributed by atoms with Crippen molar-refractivity contribution < 1.29 is 14.3 Å². The number of fused-ring (bicyclic) bond motifs is 1. The molecule has 2 aromatic carbocycles. The Balaban J connectivity index is 1.47. The zero-order chi connectivity index (χ0) is 22.3. The van der Waals surface area contributed by atoms with E-state index in [2.05, 4.69) is 16.5 Å². The summed E-state index contributed by atoms with van der Waals surface area (Å²) >= 11 is 0. The minimum absolute atomic E-state index is 0.00999. The van der Waals surface area contributed by atoms with Gasteiger partial charge < -0.3 is 10.1 Å². The molecule has 1 aliphatic carbocycles. The molecular formula is C25H25N3O4. The van der Waals surface area contributed by atoms with Crippen LogP contribution in [-0.2, 0) is 9.53 Å². The smallest absolute Gasteiger partial charge is 0.359 e. The van der Waals surface area contributed by atoms with Crippen LogP contribution in [-0.4, -0.2) is 34.8 Å². The van der Waals surface area contributed by atoms with E-state index in [4.69, 9.17) is 4.74 Å². The summed E-state index contributed by atoms with van der Waals surface area (Å²) in [5.74, 6) is -1.12. The molecule has 0 aliphatic heterocycles. The maximum atomic E-state index is 12.9. The summed E-state index contributed by atoms with van der Waals surface area (Å²) in [4.78, 5) is 37.8. The molecule has 1 aromatic heterocycles. The van der Waals surface area contributed by atoms with Crippen LogP contribution in [0.3, 0.4) is 0 Å². The lowest BCUT2D eigenvalue weighted by Crippen LogP contribution is -2.31. The van der Waals surface area contributed by atoms with Gasteiger partial charge in [0.05, 0.1) is 11.1 Å². The molecule has 0 unspecified atom stereocenters. The predicted octanol–water partition coefficient (Wildman–Crippen LogP) is 3.55. The van der Waals surface area contributed by atoms with E-state index in [9.17, 15) is 14.4 Å². The first-order valence-electron chi connectivity index (χ1n) is 10.8. The number of hydrogen-bond acceptors (Lipinski definition) is 5. The molecule has 4 rings (SSSR count). The van der Waals surface area contributed by atoms with Gasteiger partial charge in [-0.15, -0.1) is 0 Å². The SMILES string of the molecule is O=C(COC(=O)c1nn(-c2ccccc2)c(=O)c2ccccc12)NCCC1=CCCCC1. The Labute approximate surface area is 185 Å². The molecule has 0 fully saturated rings. The fourth-order valence-electron chi connectivity index (χ4n) is 3.83. The van der Waals surface area contributed by atoms with E-state index in [1.54, 1.807) is 48.5 Å². The maximum absolute atomic E-state index is 12.9. The summed E-state index contributed by atoms with van der Waals surface area (Å²) in [6, 6.07) is 15.6. The number of esters is 1. The Morgan fingerprint density at radius 1 is 1.00 bits per heavy atom. The van der Waals surface area contributed by atoms with Crippen LogP contribution in [0.1, 0.15) is 42.6 Å². The van der Waals surface area contributed by atoms with Crippen molar-refractivity contribution in [3.63, 3.8) is 0 Å². The number of carbonyl (C=O) groups is 2. The minimum atomic E-state index is -0.754. The Morgan fingerprint density at radius 3 is 2.50 bits per heavy atom. The zero-order valence-electron chi connectivity index (χ0n) is 17.8. The molecule has 7 nitrogen and oxygen atoms in total.